The van der Waals surface area contributed by atoms with Gasteiger partial charge in [0.1, 0.15) is 5.75 Å². The smallest absolute Gasteiger partial charge is 0.293 e. The summed E-state index contributed by atoms with van der Waals surface area (Å²) in [5, 5.41) is 3.83. The highest BCUT2D eigenvalue weighted by molar-refractivity contribution is 5.91. The summed E-state index contributed by atoms with van der Waals surface area (Å²) >= 11 is 0. The van der Waals surface area contributed by atoms with E-state index >= 15 is 0 Å². The third-order valence-electron chi connectivity index (χ3n) is 4.41. The van der Waals surface area contributed by atoms with Crippen LogP contribution >= 0.6 is 0 Å². The highest BCUT2D eigenvalue weighted by atomic mass is 16.5. The first-order chi connectivity index (χ1) is 11.1. The molecule has 0 spiro atoms. The second-order valence-corrected chi connectivity index (χ2v) is 6.19. The molecule has 3 rings (SSSR count). The number of aryl methyl sites for hydroxylation is 1. The van der Waals surface area contributed by atoms with Crippen molar-refractivity contribution in [3.8, 4) is 5.75 Å². The molecule has 0 aliphatic heterocycles. The minimum atomic E-state index is -0.0965. The van der Waals surface area contributed by atoms with Crippen LogP contribution in [0.5, 0.6) is 5.75 Å². The van der Waals surface area contributed by atoms with Gasteiger partial charge in [-0.2, -0.15) is 0 Å². The van der Waals surface area contributed by atoms with Crippen molar-refractivity contribution in [3.63, 3.8) is 0 Å². The van der Waals surface area contributed by atoms with Crippen molar-refractivity contribution in [3.05, 3.63) is 47.3 Å². The van der Waals surface area contributed by atoms with Crippen molar-refractivity contribution >= 4 is 5.91 Å². The summed E-state index contributed by atoms with van der Waals surface area (Å²) in [4.78, 5) is 14.7. The van der Waals surface area contributed by atoms with Crippen molar-refractivity contribution in [2.45, 2.75) is 39.3 Å². The van der Waals surface area contributed by atoms with Gasteiger partial charge in [0.2, 0.25) is 5.76 Å². The summed E-state index contributed by atoms with van der Waals surface area (Å²) in [6.07, 6.45) is 2.37. The van der Waals surface area contributed by atoms with Gasteiger partial charge in [0, 0.05) is 18.7 Å². The molecule has 2 aromatic rings. The topological polar surface area (TPSA) is 55.6 Å². The van der Waals surface area contributed by atoms with Gasteiger partial charge in [0.15, 0.2) is 0 Å². The molecule has 1 aromatic carbocycles. The second kappa shape index (κ2) is 6.44. The van der Waals surface area contributed by atoms with Gasteiger partial charge in [0.05, 0.1) is 12.8 Å². The van der Waals surface area contributed by atoms with E-state index in [9.17, 15) is 4.79 Å². The lowest BCUT2D eigenvalue weighted by Gasteiger charge is -2.28. The molecule has 1 amide bonds. The molecule has 23 heavy (non-hydrogen) atoms. The molecule has 0 bridgehead atoms. The monoisotopic (exact) mass is 314 g/mol. The third-order valence-corrected chi connectivity index (χ3v) is 4.41. The van der Waals surface area contributed by atoms with Crippen LogP contribution in [0.15, 0.2) is 34.9 Å². The Bertz CT molecular complexity index is 674. The molecule has 1 fully saturated rings. The van der Waals surface area contributed by atoms with Crippen LogP contribution in [0.2, 0.25) is 0 Å². The zero-order valence-corrected chi connectivity index (χ0v) is 13.8. The molecule has 5 heteroatoms. The molecular weight excluding hydrogens is 292 g/mol. The first-order valence-electron chi connectivity index (χ1n) is 7.95. The highest BCUT2D eigenvalue weighted by Crippen LogP contribution is 2.36. The van der Waals surface area contributed by atoms with Crippen LogP contribution in [-0.2, 0) is 6.54 Å². The van der Waals surface area contributed by atoms with E-state index in [1.807, 2.05) is 36.1 Å². The normalized spacial score (nSPS) is 15.3. The Balaban J connectivity index is 1.81. The number of benzene rings is 1. The molecule has 1 aliphatic rings. The van der Waals surface area contributed by atoms with Gasteiger partial charge >= 0.3 is 0 Å². The van der Waals surface area contributed by atoms with E-state index in [1.165, 1.54) is 12.8 Å². The number of hydrogen-bond donors (Lipinski definition) is 0. The van der Waals surface area contributed by atoms with Gasteiger partial charge in [-0.3, -0.25) is 4.79 Å². The quantitative estimate of drug-likeness (QED) is 0.819. The summed E-state index contributed by atoms with van der Waals surface area (Å²) in [7, 11) is 1.65. The standard InChI is InChI=1S/C18H22N2O3/c1-12-10-17(23-19-12)18(21)20(13(2)15-6-7-15)11-14-4-8-16(22-3)9-5-14/h4-5,8-10,13,15H,6-7,11H2,1-3H3. The lowest BCUT2D eigenvalue weighted by Crippen LogP contribution is -2.39. The Hall–Kier alpha value is -2.30. The number of carbonyl (C=O) groups excluding carboxylic acids is 1. The van der Waals surface area contributed by atoms with E-state index < -0.39 is 0 Å². The maximum atomic E-state index is 12.8. The summed E-state index contributed by atoms with van der Waals surface area (Å²) in [5.74, 6) is 1.61. The number of ether oxygens (including phenoxy) is 1. The Kier molecular flexibility index (Phi) is 4.37. The summed E-state index contributed by atoms with van der Waals surface area (Å²) in [5.41, 5.74) is 1.79. The Morgan fingerprint density at radius 2 is 2.09 bits per heavy atom. The molecule has 1 atom stereocenters. The van der Waals surface area contributed by atoms with Crippen LogP contribution in [0, 0.1) is 12.8 Å². The van der Waals surface area contributed by atoms with Crippen molar-refractivity contribution in [1.29, 1.82) is 0 Å². The number of aromatic nitrogens is 1. The number of nitrogens with zero attached hydrogens (tertiary/aromatic N) is 2. The molecule has 0 N–H and O–H groups in total. The highest BCUT2D eigenvalue weighted by Gasteiger charge is 2.35. The lowest BCUT2D eigenvalue weighted by atomic mass is 10.1. The predicted octanol–water partition coefficient (Wildman–Crippen LogP) is 3.43. The molecule has 1 aromatic heterocycles. The molecule has 1 heterocycles. The number of methoxy groups -OCH3 is 1. The Morgan fingerprint density at radius 1 is 1.39 bits per heavy atom. The fraction of sp³-hybridized carbons (Fsp3) is 0.444. The summed E-state index contributed by atoms with van der Waals surface area (Å²) < 4.78 is 10.4. The van der Waals surface area contributed by atoms with Gasteiger partial charge in [-0.25, -0.2) is 0 Å². The molecule has 1 aliphatic carbocycles. The number of carbonyl (C=O) groups is 1. The van der Waals surface area contributed by atoms with Gasteiger partial charge < -0.3 is 14.2 Å². The van der Waals surface area contributed by atoms with E-state index in [0.29, 0.717) is 18.2 Å². The van der Waals surface area contributed by atoms with Gasteiger partial charge in [-0.1, -0.05) is 17.3 Å². The van der Waals surface area contributed by atoms with Crippen LogP contribution in [-0.4, -0.2) is 29.1 Å². The average Bonchev–Trinajstić information content (AvgIpc) is 3.33. The van der Waals surface area contributed by atoms with E-state index in [2.05, 4.69) is 12.1 Å². The van der Waals surface area contributed by atoms with Crippen molar-refractivity contribution in [2.75, 3.05) is 7.11 Å². The first kappa shape index (κ1) is 15.6. The van der Waals surface area contributed by atoms with Crippen LogP contribution in [0.3, 0.4) is 0 Å². The SMILES string of the molecule is COc1ccc(CN(C(=O)c2cc(C)no2)C(C)C2CC2)cc1. The molecule has 0 saturated heterocycles. The number of rotatable bonds is 6. The Morgan fingerprint density at radius 3 is 2.61 bits per heavy atom. The predicted molar refractivity (Wildman–Crippen MR) is 86.3 cm³/mol. The van der Waals surface area contributed by atoms with Crippen molar-refractivity contribution in [2.24, 2.45) is 5.92 Å². The minimum absolute atomic E-state index is 0.0965. The van der Waals surface area contributed by atoms with Crippen molar-refractivity contribution in [1.82, 2.24) is 10.1 Å². The zero-order valence-electron chi connectivity index (χ0n) is 13.8. The second-order valence-electron chi connectivity index (χ2n) is 6.19. The van der Waals surface area contributed by atoms with Gasteiger partial charge in [0.25, 0.3) is 5.91 Å². The molecular formula is C18H22N2O3. The molecule has 1 unspecified atom stereocenters. The summed E-state index contributed by atoms with van der Waals surface area (Å²) in [6.45, 7) is 4.49. The molecule has 5 nitrogen and oxygen atoms in total. The average molecular weight is 314 g/mol. The minimum Gasteiger partial charge on any atom is -0.497 e. The largest absolute Gasteiger partial charge is 0.497 e. The van der Waals surface area contributed by atoms with Crippen molar-refractivity contribution < 1.29 is 14.1 Å². The third kappa shape index (κ3) is 3.55. The van der Waals surface area contributed by atoms with E-state index in [4.69, 9.17) is 9.26 Å². The van der Waals surface area contributed by atoms with Gasteiger partial charge in [-0.15, -0.1) is 0 Å². The number of amides is 1. The molecule has 122 valence electrons. The fourth-order valence-electron chi connectivity index (χ4n) is 2.77. The van der Waals surface area contributed by atoms with Crippen LogP contribution in [0.25, 0.3) is 0 Å². The van der Waals surface area contributed by atoms with E-state index in [0.717, 1.165) is 17.0 Å². The summed E-state index contributed by atoms with van der Waals surface area (Å²) in [6, 6.07) is 9.70. The van der Waals surface area contributed by atoms with Gasteiger partial charge in [-0.05, 0) is 50.3 Å². The fourth-order valence-corrected chi connectivity index (χ4v) is 2.77. The Labute approximate surface area is 136 Å². The maximum absolute atomic E-state index is 12.8. The maximum Gasteiger partial charge on any atom is 0.293 e. The van der Waals surface area contributed by atoms with E-state index in [-0.39, 0.29) is 11.9 Å². The zero-order chi connectivity index (χ0) is 16.4. The van der Waals surface area contributed by atoms with Crippen LogP contribution < -0.4 is 4.74 Å². The molecule has 1 saturated carbocycles. The molecule has 0 radical (unpaired) electrons. The van der Waals surface area contributed by atoms with Crippen LogP contribution in [0.1, 0.15) is 41.6 Å². The lowest BCUT2D eigenvalue weighted by molar-refractivity contribution is 0.0611. The number of hydrogen-bond acceptors (Lipinski definition) is 4. The first-order valence-corrected chi connectivity index (χ1v) is 7.95. The van der Waals surface area contributed by atoms with E-state index in [1.54, 1.807) is 13.2 Å². The van der Waals surface area contributed by atoms with Crippen LogP contribution in [0.4, 0.5) is 0 Å².